The molecule has 2 rings (SSSR count). The maximum atomic E-state index is 4.39. The van der Waals surface area contributed by atoms with Crippen LogP contribution in [0.4, 0.5) is 11.8 Å². The molecule has 1 unspecified atom stereocenters. The van der Waals surface area contributed by atoms with Gasteiger partial charge in [0.05, 0.1) is 10.5 Å². The van der Waals surface area contributed by atoms with Crippen molar-refractivity contribution in [1.82, 2.24) is 15.0 Å². The van der Waals surface area contributed by atoms with Crippen LogP contribution < -0.4 is 10.6 Å². The fourth-order valence-corrected chi connectivity index (χ4v) is 2.58. The van der Waals surface area contributed by atoms with E-state index in [1.165, 1.54) is 0 Å². The maximum Gasteiger partial charge on any atom is 0.224 e. The molecule has 2 aromatic rings. The van der Waals surface area contributed by atoms with E-state index in [1.54, 1.807) is 24.6 Å². The molecule has 0 saturated carbocycles. The zero-order chi connectivity index (χ0) is 13.0. The summed E-state index contributed by atoms with van der Waals surface area (Å²) >= 11 is 5.09. The Labute approximate surface area is 118 Å². The van der Waals surface area contributed by atoms with Crippen molar-refractivity contribution in [1.29, 1.82) is 0 Å². The summed E-state index contributed by atoms with van der Waals surface area (Å²) in [7, 11) is 1.80. The molecule has 18 heavy (non-hydrogen) atoms. The van der Waals surface area contributed by atoms with E-state index in [0.29, 0.717) is 5.95 Å². The first-order valence-electron chi connectivity index (χ1n) is 5.60. The van der Waals surface area contributed by atoms with Gasteiger partial charge < -0.3 is 10.6 Å². The van der Waals surface area contributed by atoms with Gasteiger partial charge in [-0.2, -0.15) is 4.98 Å². The minimum absolute atomic E-state index is 0.168. The van der Waals surface area contributed by atoms with Crippen molar-refractivity contribution in [2.45, 2.75) is 19.4 Å². The number of thiazole rings is 1. The smallest absolute Gasteiger partial charge is 0.224 e. The van der Waals surface area contributed by atoms with Gasteiger partial charge in [-0.05, 0) is 22.4 Å². The van der Waals surface area contributed by atoms with Crippen molar-refractivity contribution in [2.24, 2.45) is 0 Å². The Morgan fingerprint density at radius 1 is 1.44 bits per heavy atom. The Bertz CT molecular complexity index is 502. The van der Waals surface area contributed by atoms with Gasteiger partial charge in [-0.15, -0.1) is 11.3 Å². The lowest BCUT2D eigenvalue weighted by Gasteiger charge is -2.16. The van der Waals surface area contributed by atoms with Crippen molar-refractivity contribution in [3.05, 3.63) is 27.3 Å². The number of halogens is 1. The number of nitrogens with zero attached hydrogens (tertiary/aromatic N) is 3. The third-order valence-corrected chi connectivity index (χ3v) is 3.91. The average molecular weight is 328 g/mol. The van der Waals surface area contributed by atoms with E-state index in [4.69, 9.17) is 0 Å². The normalized spacial score (nSPS) is 12.2. The fraction of sp³-hybridized carbons (Fsp3) is 0.364. The van der Waals surface area contributed by atoms with Gasteiger partial charge in [0.25, 0.3) is 0 Å². The van der Waals surface area contributed by atoms with E-state index in [1.807, 2.05) is 11.6 Å². The highest BCUT2D eigenvalue weighted by atomic mass is 79.9. The quantitative estimate of drug-likeness (QED) is 0.882. The molecule has 2 N–H and O–H groups in total. The van der Waals surface area contributed by atoms with Gasteiger partial charge in [-0.25, -0.2) is 9.97 Å². The number of hydrogen-bond donors (Lipinski definition) is 2. The summed E-state index contributed by atoms with van der Waals surface area (Å²) in [4.78, 5) is 12.9. The second-order valence-electron chi connectivity index (χ2n) is 3.62. The number of aromatic nitrogens is 3. The summed E-state index contributed by atoms with van der Waals surface area (Å²) in [5.74, 6) is 1.37. The molecule has 0 saturated heterocycles. The van der Waals surface area contributed by atoms with Gasteiger partial charge in [0.2, 0.25) is 5.95 Å². The minimum Gasteiger partial charge on any atom is -0.360 e. The number of rotatable bonds is 5. The largest absolute Gasteiger partial charge is 0.360 e. The van der Waals surface area contributed by atoms with Crippen molar-refractivity contribution in [3.8, 4) is 0 Å². The Kier molecular flexibility index (Phi) is 4.48. The molecule has 0 amide bonds. The first-order chi connectivity index (χ1) is 8.74. The maximum absolute atomic E-state index is 4.39. The molecule has 0 radical (unpaired) electrons. The Balaban J connectivity index is 2.21. The Hall–Kier alpha value is -1.21. The predicted octanol–water partition coefficient (Wildman–Crippen LogP) is 3.30. The highest BCUT2D eigenvalue weighted by molar-refractivity contribution is 9.10. The first-order valence-corrected chi connectivity index (χ1v) is 7.28. The predicted molar refractivity (Wildman–Crippen MR) is 78.0 cm³/mol. The van der Waals surface area contributed by atoms with Crippen molar-refractivity contribution >= 4 is 39.0 Å². The molecule has 5 nitrogen and oxygen atoms in total. The lowest BCUT2D eigenvalue weighted by molar-refractivity contribution is 0.736. The zero-order valence-electron chi connectivity index (χ0n) is 10.1. The third kappa shape index (κ3) is 2.97. The molecule has 7 heteroatoms. The monoisotopic (exact) mass is 327 g/mol. The molecule has 0 bridgehead atoms. The zero-order valence-corrected chi connectivity index (χ0v) is 12.5. The van der Waals surface area contributed by atoms with Crippen molar-refractivity contribution in [2.75, 3.05) is 17.7 Å². The molecule has 0 aliphatic rings. The first kappa shape index (κ1) is 13.2. The Morgan fingerprint density at radius 2 is 2.28 bits per heavy atom. The highest BCUT2D eigenvalue weighted by Crippen LogP contribution is 2.27. The molecule has 0 fully saturated rings. The van der Waals surface area contributed by atoms with E-state index in [9.17, 15) is 0 Å². The molecule has 0 spiro atoms. The van der Waals surface area contributed by atoms with Gasteiger partial charge in [0.15, 0.2) is 0 Å². The van der Waals surface area contributed by atoms with E-state index >= 15 is 0 Å². The molecule has 0 aliphatic carbocycles. The molecule has 2 heterocycles. The van der Waals surface area contributed by atoms with E-state index in [-0.39, 0.29) is 6.04 Å². The second kappa shape index (κ2) is 6.10. The van der Waals surface area contributed by atoms with Crippen LogP contribution in [0.15, 0.2) is 22.2 Å². The number of hydrogen-bond acceptors (Lipinski definition) is 6. The van der Waals surface area contributed by atoms with Crippen LogP contribution in [0.25, 0.3) is 0 Å². The summed E-state index contributed by atoms with van der Waals surface area (Å²) in [5, 5.41) is 9.35. The van der Waals surface area contributed by atoms with Crippen LogP contribution >= 0.6 is 27.3 Å². The second-order valence-corrected chi connectivity index (χ2v) is 5.40. The molecular weight excluding hydrogens is 314 g/mol. The van der Waals surface area contributed by atoms with Crippen molar-refractivity contribution < 1.29 is 0 Å². The van der Waals surface area contributed by atoms with Crippen LogP contribution in [-0.2, 0) is 0 Å². The molecular formula is C11H14BrN5S. The summed E-state index contributed by atoms with van der Waals surface area (Å²) in [6.45, 7) is 2.12. The van der Waals surface area contributed by atoms with Gasteiger partial charge in [0.1, 0.15) is 10.8 Å². The lowest BCUT2D eigenvalue weighted by atomic mass is 10.2. The van der Waals surface area contributed by atoms with Crippen LogP contribution in [0, 0.1) is 0 Å². The van der Waals surface area contributed by atoms with Crippen molar-refractivity contribution in [3.63, 3.8) is 0 Å². The summed E-state index contributed by atoms with van der Waals surface area (Å²) in [6, 6.07) is 0.168. The molecule has 1 atom stereocenters. The van der Waals surface area contributed by atoms with Crippen LogP contribution in [0.1, 0.15) is 24.4 Å². The lowest BCUT2D eigenvalue weighted by Crippen LogP contribution is -2.12. The van der Waals surface area contributed by atoms with Crippen LogP contribution in [0.5, 0.6) is 0 Å². The SMILES string of the molecule is CCC(Nc1nc(NC)ncc1Br)c1nccs1. The molecule has 0 aromatic carbocycles. The van der Waals surface area contributed by atoms with Gasteiger partial charge in [0, 0.05) is 24.8 Å². The topological polar surface area (TPSA) is 62.7 Å². The molecule has 96 valence electrons. The average Bonchev–Trinajstić information content (AvgIpc) is 2.91. The fourth-order valence-electron chi connectivity index (χ4n) is 1.50. The number of anilines is 2. The summed E-state index contributed by atoms with van der Waals surface area (Å²) < 4.78 is 0.844. The Morgan fingerprint density at radius 3 is 2.89 bits per heavy atom. The van der Waals surface area contributed by atoms with Crippen LogP contribution in [-0.4, -0.2) is 22.0 Å². The van der Waals surface area contributed by atoms with Gasteiger partial charge >= 0.3 is 0 Å². The van der Waals surface area contributed by atoms with Crippen LogP contribution in [0.2, 0.25) is 0 Å². The summed E-state index contributed by atoms with van der Waals surface area (Å²) in [6.07, 6.45) is 4.49. The van der Waals surface area contributed by atoms with Gasteiger partial charge in [-0.3, -0.25) is 0 Å². The molecule has 0 aliphatic heterocycles. The minimum atomic E-state index is 0.168. The van der Waals surface area contributed by atoms with E-state index in [0.717, 1.165) is 21.7 Å². The van der Waals surface area contributed by atoms with E-state index < -0.39 is 0 Å². The molecule has 2 aromatic heterocycles. The number of nitrogens with one attached hydrogen (secondary N) is 2. The standard InChI is InChI=1S/C11H14BrN5S/c1-3-8(10-14-4-5-18-10)16-9-7(12)6-15-11(13-2)17-9/h4-6,8H,3H2,1-2H3,(H2,13,15,16,17). The van der Waals surface area contributed by atoms with Crippen LogP contribution in [0.3, 0.4) is 0 Å². The van der Waals surface area contributed by atoms with Gasteiger partial charge in [-0.1, -0.05) is 6.92 Å². The third-order valence-electron chi connectivity index (χ3n) is 2.44. The summed E-state index contributed by atoms with van der Waals surface area (Å²) in [5.41, 5.74) is 0. The highest BCUT2D eigenvalue weighted by Gasteiger charge is 2.14. The van der Waals surface area contributed by atoms with E-state index in [2.05, 4.69) is 48.4 Å².